The van der Waals surface area contributed by atoms with E-state index in [1.54, 1.807) is 13.8 Å². The summed E-state index contributed by atoms with van der Waals surface area (Å²) in [5.41, 5.74) is 0.686. The summed E-state index contributed by atoms with van der Waals surface area (Å²) in [5, 5.41) is 31.2. The Morgan fingerprint density at radius 3 is 2.04 bits per heavy atom. The lowest BCUT2D eigenvalue weighted by Crippen LogP contribution is -2.43. The van der Waals surface area contributed by atoms with E-state index >= 15 is 0 Å². The molecule has 0 fully saturated rings. The standard InChI is InChI=1S/C17H29NO6/c1-6-7-9(2)14(20)11(4)16(22)18-8-13(19)10(3)15(21)12(5)17(23)24/h7,10-12,14-15,20-21H,6,8H2,1-5H3,(H,18,22)(H,23,24)/b9-7+/t10-,11-,12-,14-,15+/m1/s1. The van der Waals surface area contributed by atoms with Crippen molar-refractivity contribution in [3.63, 3.8) is 0 Å². The monoisotopic (exact) mass is 343 g/mol. The van der Waals surface area contributed by atoms with Crippen molar-refractivity contribution in [2.45, 2.75) is 53.2 Å². The van der Waals surface area contributed by atoms with Crippen LogP contribution in [0.1, 0.15) is 41.0 Å². The molecule has 0 saturated carbocycles. The van der Waals surface area contributed by atoms with Crippen LogP contribution >= 0.6 is 0 Å². The molecule has 0 aromatic carbocycles. The fraction of sp³-hybridized carbons (Fsp3) is 0.706. The second-order valence-electron chi connectivity index (χ2n) is 6.18. The van der Waals surface area contributed by atoms with Crippen LogP contribution in [0.15, 0.2) is 11.6 Å². The van der Waals surface area contributed by atoms with E-state index in [1.165, 1.54) is 13.8 Å². The second kappa shape index (κ2) is 10.2. The summed E-state index contributed by atoms with van der Waals surface area (Å²) < 4.78 is 0. The van der Waals surface area contributed by atoms with Crippen molar-refractivity contribution < 1.29 is 29.7 Å². The fourth-order valence-electron chi connectivity index (χ4n) is 2.25. The zero-order valence-electron chi connectivity index (χ0n) is 14.9. The number of carboxylic acids is 1. The Bertz CT molecular complexity index is 487. The number of aliphatic carboxylic acids is 1. The number of carboxylic acid groups (broad SMARTS) is 1. The van der Waals surface area contributed by atoms with E-state index in [0.29, 0.717) is 5.57 Å². The van der Waals surface area contributed by atoms with Gasteiger partial charge in [-0.05, 0) is 25.8 Å². The van der Waals surface area contributed by atoms with Gasteiger partial charge in [0.15, 0.2) is 5.78 Å². The molecule has 0 radical (unpaired) electrons. The third-order valence-corrected chi connectivity index (χ3v) is 4.24. The van der Waals surface area contributed by atoms with Crippen molar-refractivity contribution in [3.05, 3.63) is 11.6 Å². The number of amides is 1. The lowest BCUT2D eigenvalue weighted by molar-refractivity contribution is -0.147. The maximum atomic E-state index is 12.0. The summed E-state index contributed by atoms with van der Waals surface area (Å²) in [6.45, 7) is 7.63. The third-order valence-electron chi connectivity index (χ3n) is 4.24. The Morgan fingerprint density at radius 2 is 1.58 bits per heavy atom. The van der Waals surface area contributed by atoms with Crippen molar-refractivity contribution in [2.75, 3.05) is 6.54 Å². The predicted molar refractivity (Wildman–Crippen MR) is 89.2 cm³/mol. The van der Waals surface area contributed by atoms with Crippen LogP contribution in [-0.4, -0.2) is 51.7 Å². The van der Waals surface area contributed by atoms with E-state index in [1.807, 2.05) is 13.0 Å². The lowest BCUT2D eigenvalue weighted by atomic mass is 9.90. The van der Waals surface area contributed by atoms with Crippen LogP contribution in [0.3, 0.4) is 0 Å². The molecule has 0 aliphatic rings. The third kappa shape index (κ3) is 6.41. The molecule has 1 amide bonds. The Balaban J connectivity index is 4.62. The highest BCUT2D eigenvalue weighted by atomic mass is 16.4. The van der Waals surface area contributed by atoms with Gasteiger partial charge in [-0.1, -0.05) is 26.8 Å². The summed E-state index contributed by atoms with van der Waals surface area (Å²) >= 11 is 0. The van der Waals surface area contributed by atoms with Crippen LogP contribution in [0.25, 0.3) is 0 Å². The SMILES string of the molecule is CC/C=C(\C)[C@@H](O)[C@@H](C)C(=O)NCC(=O)[C@@H](C)[C@H](O)[C@@H](C)C(=O)O. The highest BCUT2D eigenvalue weighted by Crippen LogP contribution is 2.15. The molecule has 7 heteroatoms. The smallest absolute Gasteiger partial charge is 0.308 e. The van der Waals surface area contributed by atoms with Gasteiger partial charge in [-0.25, -0.2) is 0 Å². The summed E-state index contributed by atoms with van der Waals surface area (Å²) in [6, 6.07) is 0. The number of Topliss-reactive ketones (excluding diaryl/α,β-unsaturated/α-hetero) is 1. The van der Waals surface area contributed by atoms with E-state index in [2.05, 4.69) is 5.32 Å². The van der Waals surface area contributed by atoms with Gasteiger partial charge < -0.3 is 20.6 Å². The molecule has 0 heterocycles. The second-order valence-corrected chi connectivity index (χ2v) is 6.18. The largest absolute Gasteiger partial charge is 0.481 e. The Kier molecular flexibility index (Phi) is 9.47. The van der Waals surface area contributed by atoms with E-state index in [4.69, 9.17) is 5.11 Å². The summed E-state index contributed by atoms with van der Waals surface area (Å²) in [6.07, 6.45) is 0.304. The molecule has 0 saturated heterocycles. The number of hydrogen-bond donors (Lipinski definition) is 4. The van der Waals surface area contributed by atoms with E-state index in [0.717, 1.165) is 6.42 Å². The van der Waals surface area contributed by atoms with Gasteiger partial charge in [-0.2, -0.15) is 0 Å². The molecule has 0 unspecified atom stereocenters. The molecule has 24 heavy (non-hydrogen) atoms. The van der Waals surface area contributed by atoms with Gasteiger partial charge >= 0.3 is 5.97 Å². The molecule has 0 aliphatic carbocycles. The first-order chi connectivity index (χ1) is 11.0. The number of carbonyl (C=O) groups is 3. The quantitative estimate of drug-likeness (QED) is 0.434. The number of ketones is 1. The van der Waals surface area contributed by atoms with E-state index in [-0.39, 0.29) is 6.54 Å². The molecule has 138 valence electrons. The summed E-state index contributed by atoms with van der Waals surface area (Å²) in [4.78, 5) is 34.9. The number of carbonyl (C=O) groups excluding carboxylic acids is 2. The first-order valence-corrected chi connectivity index (χ1v) is 8.10. The van der Waals surface area contributed by atoms with Crippen LogP contribution < -0.4 is 5.32 Å². The van der Waals surface area contributed by atoms with Crippen LogP contribution in [-0.2, 0) is 14.4 Å². The number of aliphatic hydroxyl groups is 2. The molecular weight excluding hydrogens is 314 g/mol. The molecule has 0 aliphatic heterocycles. The molecule has 5 atom stereocenters. The van der Waals surface area contributed by atoms with Gasteiger partial charge in [-0.3, -0.25) is 14.4 Å². The predicted octanol–water partition coefficient (Wildman–Crippen LogP) is 0.743. The van der Waals surface area contributed by atoms with Gasteiger partial charge in [0.25, 0.3) is 0 Å². The number of rotatable bonds is 10. The topological polar surface area (TPSA) is 124 Å². The molecule has 0 bridgehead atoms. The maximum absolute atomic E-state index is 12.0. The molecule has 0 aromatic rings. The van der Waals surface area contributed by atoms with Crippen molar-refractivity contribution in [1.29, 1.82) is 0 Å². The first-order valence-electron chi connectivity index (χ1n) is 8.10. The van der Waals surface area contributed by atoms with Gasteiger partial charge in [0.2, 0.25) is 5.91 Å². The molecular formula is C17H29NO6. The van der Waals surface area contributed by atoms with Crippen molar-refractivity contribution in [2.24, 2.45) is 17.8 Å². The lowest BCUT2D eigenvalue weighted by Gasteiger charge is -2.22. The van der Waals surface area contributed by atoms with Crippen LogP contribution in [0, 0.1) is 17.8 Å². The van der Waals surface area contributed by atoms with Gasteiger partial charge in [-0.15, -0.1) is 0 Å². The molecule has 0 spiro atoms. The van der Waals surface area contributed by atoms with Crippen molar-refractivity contribution in [1.82, 2.24) is 5.32 Å². The van der Waals surface area contributed by atoms with E-state index in [9.17, 15) is 24.6 Å². The van der Waals surface area contributed by atoms with Crippen LogP contribution in [0.2, 0.25) is 0 Å². The average molecular weight is 343 g/mol. The summed E-state index contributed by atoms with van der Waals surface area (Å²) in [7, 11) is 0. The van der Waals surface area contributed by atoms with Gasteiger partial charge in [0.05, 0.1) is 30.6 Å². The molecule has 0 rings (SSSR count). The van der Waals surface area contributed by atoms with Gasteiger partial charge in [0.1, 0.15) is 0 Å². The zero-order valence-corrected chi connectivity index (χ0v) is 14.9. The first kappa shape index (κ1) is 22.3. The minimum atomic E-state index is -1.33. The highest BCUT2D eigenvalue weighted by Gasteiger charge is 2.31. The average Bonchev–Trinajstić information content (AvgIpc) is 2.55. The Morgan fingerprint density at radius 1 is 1.04 bits per heavy atom. The molecule has 0 aromatic heterocycles. The fourth-order valence-corrected chi connectivity index (χ4v) is 2.25. The molecule has 7 nitrogen and oxygen atoms in total. The van der Waals surface area contributed by atoms with Crippen LogP contribution in [0.5, 0.6) is 0 Å². The van der Waals surface area contributed by atoms with Crippen molar-refractivity contribution >= 4 is 17.7 Å². The Hall–Kier alpha value is -1.73. The zero-order chi connectivity index (χ0) is 19.0. The van der Waals surface area contributed by atoms with Crippen LogP contribution in [0.4, 0.5) is 0 Å². The minimum absolute atomic E-state index is 0.322. The van der Waals surface area contributed by atoms with Gasteiger partial charge in [0, 0.05) is 5.92 Å². The number of allylic oxidation sites excluding steroid dienone is 1. The highest BCUT2D eigenvalue weighted by molar-refractivity contribution is 5.89. The number of hydrogen-bond acceptors (Lipinski definition) is 5. The normalized spacial score (nSPS) is 18.2. The van der Waals surface area contributed by atoms with E-state index < -0.39 is 47.6 Å². The Labute approximate surface area is 142 Å². The number of nitrogens with one attached hydrogen (secondary N) is 1. The minimum Gasteiger partial charge on any atom is -0.481 e. The molecule has 4 N–H and O–H groups in total. The number of aliphatic hydroxyl groups excluding tert-OH is 2. The maximum Gasteiger partial charge on any atom is 0.308 e. The van der Waals surface area contributed by atoms with Crippen molar-refractivity contribution in [3.8, 4) is 0 Å². The summed E-state index contributed by atoms with van der Waals surface area (Å²) in [5.74, 6) is -4.86.